The van der Waals surface area contributed by atoms with Gasteiger partial charge in [0, 0.05) is 12.8 Å². The Morgan fingerprint density at radius 1 is 0.593 bits per heavy atom. The smallest absolute Gasteiger partial charge is 0.364 e. The first-order valence-corrected chi connectivity index (χ1v) is 21.3. The van der Waals surface area contributed by atoms with E-state index < -0.39 is 151 Å². The van der Waals surface area contributed by atoms with Gasteiger partial charge >= 0.3 is 33.9 Å². The molecular formula is C24H29N3O28S4. The van der Waals surface area contributed by atoms with Crippen LogP contribution in [0.5, 0.6) is 0 Å². The average Bonchev–Trinajstić information content (AvgIpc) is 3.65. The number of aliphatic hydroxyl groups is 2. The van der Waals surface area contributed by atoms with Gasteiger partial charge in [0.1, 0.15) is 0 Å². The van der Waals surface area contributed by atoms with Crippen molar-refractivity contribution in [3.63, 3.8) is 0 Å². The molecule has 0 radical (unpaired) electrons. The molecule has 35 heteroatoms. The van der Waals surface area contributed by atoms with Gasteiger partial charge in [0.15, 0.2) is 22.7 Å². The van der Waals surface area contributed by atoms with Crippen LogP contribution in [0.3, 0.4) is 0 Å². The molecule has 3 aliphatic heterocycles. The highest BCUT2D eigenvalue weighted by Crippen LogP contribution is 2.36. The third kappa shape index (κ3) is 11.5. The summed E-state index contributed by atoms with van der Waals surface area (Å²) in [5.74, 6) is -15.5. The van der Waals surface area contributed by atoms with Crippen LogP contribution < -0.4 is 0 Å². The highest BCUT2D eigenvalue weighted by molar-refractivity contribution is 8.06. The molecule has 3 fully saturated rings. The number of carboxylic acids is 1. The van der Waals surface area contributed by atoms with E-state index >= 15 is 0 Å². The Kier molecular flexibility index (Phi) is 15.6. The first-order chi connectivity index (χ1) is 26.7. The van der Waals surface area contributed by atoms with Crippen molar-refractivity contribution in [2.24, 2.45) is 0 Å². The van der Waals surface area contributed by atoms with E-state index in [9.17, 15) is 81.6 Å². The second-order valence-corrected chi connectivity index (χ2v) is 18.6. The third-order valence-electron chi connectivity index (χ3n) is 7.67. The van der Waals surface area contributed by atoms with Crippen LogP contribution in [-0.2, 0) is 103 Å². The number of carbonyl (C=O) groups is 10. The molecule has 0 saturated carbocycles. The van der Waals surface area contributed by atoms with Gasteiger partial charge in [-0.1, -0.05) is 17.9 Å². The Morgan fingerprint density at radius 2 is 0.966 bits per heavy atom. The molecule has 332 valence electrons. The number of hydroxylamine groups is 6. The van der Waals surface area contributed by atoms with Gasteiger partial charge in [-0.3, -0.25) is 47.0 Å². The van der Waals surface area contributed by atoms with Gasteiger partial charge in [0.05, 0.1) is 19.3 Å². The molecule has 3 aliphatic rings. The van der Waals surface area contributed by atoms with Crippen LogP contribution in [0.1, 0.15) is 57.8 Å². The monoisotopic (exact) mass is 935 g/mol. The summed E-state index contributed by atoms with van der Waals surface area (Å²) >= 11 is 0. The number of carboxylic acid groups (broad SMARTS) is 1. The van der Waals surface area contributed by atoms with Gasteiger partial charge in [-0.05, 0) is 12.8 Å². The Bertz CT molecular complexity index is 2150. The number of imide groups is 3. The van der Waals surface area contributed by atoms with Crippen LogP contribution in [0.25, 0.3) is 0 Å². The van der Waals surface area contributed by atoms with Crippen LogP contribution in [0.15, 0.2) is 0 Å². The zero-order valence-electron chi connectivity index (χ0n) is 28.9. The van der Waals surface area contributed by atoms with Crippen molar-refractivity contribution < 1.29 is 130 Å². The first-order valence-electron chi connectivity index (χ1n) is 15.4. The molecule has 0 aromatic rings. The van der Waals surface area contributed by atoms with E-state index in [2.05, 4.69) is 14.5 Å². The van der Waals surface area contributed by atoms with Crippen molar-refractivity contribution in [2.75, 3.05) is 0 Å². The van der Waals surface area contributed by atoms with E-state index in [1.165, 1.54) is 0 Å². The van der Waals surface area contributed by atoms with Crippen molar-refractivity contribution in [3.05, 3.63) is 0 Å². The van der Waals surface area contributed by atoms with Gasteiger partial charge in [0.25, 0.3) is 70.0 Å². The summed E-state index contributed by atoms with van der Waals surface area (Å²) in [6.45, 7) is 0. The summed E-state index contributed by atoms with van der Waals surface area (Å²) in [6, 6.07) is 0. The lowest BCUT2D eigenvalue weighted by atomic mass is 10.1. The van der Waals surface area contributed by atoms with Crippen molar-refractivity contribution in [3.8, 4) is 0 Å². The Balaban J connectivity index is 0.000000427. The Morgan fingerprint density at radius 3 is 1.25 bits per heavy atom. The van der Waals surface area contributed by atoms with Crippen LogP contribution >= 0.6 is 0 Å². The number of aliphatic carboxylic acids is 1. The van der Waals surface area contributed by atoms with Crippen molar-refractivity contribution in [1.29, 1.82) is 0 Å². The number of nitrogens with zero attached hydrogens (tertiary/aromatic N) is 3. The zero-order valence-corrected chi connectivity index (χ0v) is 32.1. The van der Waals surface area contributed by atoms with Crippen molar-refractivity contribution in [1.82, 2.24) is 15.2 Å². The van der Waals surface area contributed by atoms with Gasteiger partial charge < -0.3 is 29.8 Å². The molecule has 4 atom stereocenters. The molecule has 0 aromatic carbocycles. The minimum absolute atomic E-state index is 0.00962. The predicted molar refractivity (Wildman–Crippen MR) is 172 cm³/mol. The lowest BCUT2D eigenvalue weighted by Crippen LogP contribution is -2.53. The van der Waals surface area contributed by atoms with Crippen LogP contribution in [0, 0.1) is 0 Å². The highest BCUT2D eigenvalue weighted by atomic mass is 32.3. The van der Waals surface area contributed by atoms with Crippen LogP contribution in [0.4, 0.5) is 0 Å². The van der Waals surface area contributed by atoms with Crippen LogP contribution in [-0.4, -0.2) is 168 Å². The zero-order chi connectivity index (χ0) is 45.8. The lowest BCUT2D eigenvalue weighted by molar-refractivity contribution is -0.207. The standard InChI is InChI=1S/C16H20N2O14S2.C8H9NO14S2/c19-11-7-9(33(25,26)27)15(23)17(11)31-13(21)5-3-1-2-4-6-14(22)32-18-12(20)8-10(16(18)24)34(28,29)30;10-2-1-8(24(17,18)19,25(20,21)22)7(16)9(2)23-6(15)4(12)3(11)5(13)14/h9-10H,1-8H2,(H,25,26,27)(H,28,29,30);3-4,11-12H,1H2,(H,13,14)(H,17,18,19)(H,20,21,22). The minimum Gasteiger partial charge on any atom is -0.479 e. The van der Waals surface area contributed by atoms with Crippen molar-refractivity contribution >= 4 is 99.8 Å². The molecule has 0 aliphatic carbocycles. The fourth-order valence-corrected chi connectivity index (χ4v) is 8.35. The quantitative estimate of drug-likeness (QED) is 0.0405. The predicted octanol–water partition coefficient (Wildman–Crippen LogP) is -6.24. The minimum atomic E-state index is -5.97. The summed E-state index contributed by atoms with van der Waals surface area (Å²) in [6.07, 6.45) is -8.60. The molecule has 59 heavy (non-hydrogen) atoms. The summed E-state index contributed by atoms with van der Waals surface area (Å²) in [4.78, 5) is 128. The fourth-order valence-electron chi connectivity index (χ4n) is 4.66. The topological polar surface area (TPSA) is 486 Å². The maximum atomic E-state index is 11.9. The molecule has 6 amide bonds. The SMILES string of the molecule is O=C(CCCCCCC(=O)ON1C(=O)CC(S(=O)(=O)O)C1=O)ON1C(=O)CC(S(=O)(=O)O)C1=O.O=C(O)C(O)C(O)C(=O)ON1C(=O)CC(S(=O)(=O)O)(S(=O)(=O)O)C1=O. The number of amides is 6. The van der Waals surface area contributed by atoms with Gasteiger partial charge in [0.2, 0.25) is 0 Å². The number of hydrogen-bond donors (Lipinski definition) is 7. The molecule has 0 aromatic heterocycles. The van der Waals surface area contributed by atoms with E-state index in [1.54, 1.807) is 0 Å². The van der Waals surface area contributed by atoms with E-state index in [0.717, 1.165) is 0 Å². The summed E-state index contributed by atoms with van der Waals surface area (Å²) in [5, 5.41) is 21.5. The molecule has 0 bridgehead atoms. The third-order valence-corrected chi connectivity index (χ3v) is 13.4. The maximum absolute atomic E-state index is 11.9. The Hall–Kier alpha value is -5.14. The highest BCUT2D eigenvalue weighted by Gasteiger charge is 2.70. The second kappa shape index (κ2) is 18.4. The van der Waals surface area contributed by atoms with E-state index in [-0.39, 0.29) is 35.8 Å². The normalized spacial score (nSPS) is 20.9. The van der Waals surface area contributed by atoms with Gasteiger partial charge in [-0.2, -0.15) is 33.7 Å². The van der Waals surface area contributed by atoms with E-state index in [4.69, 9.17) is 33.5 Å². The van der Waals surface area contributed by atoms with Crippen LogP contribution in [0.2, 0.25) is 0 Å². The number of rotatable bonds is 17. The second-order valence-electron chi connectivity index (χ2n) is 11.8. The summed E-state index contributed by atoms with van der Waals surface area (Å²) in [5.41, 5.74) is 0. The van der Waals surface area contributed by atoms with E-state index in [0.29, 0.717) is 12.8 Å². The lowest BCUT2D eigenvalue weighted by Gasteiger charge is -2.20. The first kappa shape index (κ1) is 50.0. The number of aliphatic hydroxyl groups excluding tert-OH is 2. The molecule has 4 unspecified atom stereocenters. The number of carbonyl (C=O) groups excluding carboxylic acids is 9. The average molecular weight is 936 g/mol. The molecule has 31 nitrogen and oxygen atoms in total. The summed E-state index contributed by atoms with van der Waals surface area (Å²) < 4.78 is 121. The summed E-state index contributed by atoms with van der Waals surface area (Å²) in [7, 11) is -21.6. The largest absolute Gasteiger partial charge is 0.479 e. The molecule has 3 heterocycles. The van der Waals surface area contributed by atoms with E-state index in [1.807, 2.05) is 0 Å². The van der Waals surface area contributed by atoms with Crippen molar-refractivity contribution in [2.45, 2.75) is 84.6 Å². The fraction of sp³-hybridized carbons (Fsp3) is 0.583. The van der Waals surface area contributed by atoms with Gasteiger partial charge in [-0.15, -0.1) is 10.1 Å². The Labute approximate surface area is 328 Å². The maximum Gasteiger partial charge on any atom is 0.364 e. The van der Waals surface area contributed by atoms with Gasteiger partial charge in [-0.25, -0.2) is 19.2 Å². The number of unbranched alkanes of at least 4 members (excludes halogenated alkanes) is 3. The molecule has 3 rings (SSSR count). The molecular weight excluding hydrogens is 907 g/mol. The number of hydrogen-bond acceptors (Lipinski definition) is 23. The molecule has 0 spiro atoms. The molecule has 7 N–H and O–H groups in total. The molecule has 3 saturated heterocycles.